The lowest BCUT2D eigenvalue weighted by Gasteiger charge is -2.25. The first kappa shape index (κ1) is 23.7. The fourth-order valence-corrected chi connectivity index (χ4v) is 7.15. The van der Waals surface area contributed by atoms with Gasteiger partial charge in [-0.1, -0.05) is 29.8 Å². The molecule has 0 atom stereocenters. The molecule has 1 N–H and O–H groups in total. The number of nitrogens with zero attached hydrogens (tertiary/aromatic N) is 1. The average Bonchev–Trinajstić information content (AvgIpc) is 2.66. The van der Waals surface area contributed by atoms with Crippen molar-refractivity contribution in [1.29, 1.82) is 0 Å². The maximum absolute atomic E-state index is 12.5. The van der Waals surface area contributed by atoms with Gasteiger partial charge in [0.1, 0.15) is 18.2 Å². The molecule has 0 fully saturated rings. The molecule has 1 aromatic heterocycles. The van der Waals surface area contributed by atoms with Gasteiger partial charge in [0.05, 0.1) is 17.5 Å². The molecule has 3 rings (SSSR count). The molecule has 1 heterocycles. The second kappa shape index (κ2) is 9.67. The monoisotopic (exact) mass is 502 g/mol. The highest BCUT2D eigenvalue weighted by Crippen LogP contribution is 2.29. The van der Waals surface area contributed by atoms with Crippen molar-refractivity contribution in [2.45, 2.75) is 46.8 Å². The number of H-pyrrole nitrogens is 1. The summed E-state index contributed by atoms with van der Waals surface area (Å²) >= 11 is 3.40. The van der Waals surface area contributed by atoms with Crippen LogP contribution in [-0.4, -0.2) is 31.5 Å². The molecule has 0 bridgehead atoms. The molecular formula is C24H31BrN2O3Si. The summed E-state index contributed by atoms with van der Waals surface area (Å²) in [7, 11) is -1.64. The summed E-state index contributed by atoms with van der Waals surface area (Å²) in [5, 5.41) is 0.565. The largest absolute Gasteiger partial charge is 0.491 e. The highest BCUT2D eigenvalue weighted by molar-refractivity contribution is 9.10. The Labute approximate surface area is 193 Å². The first-order valence-electron chi connectivity index (χ1n) is 10.6. The van der Waals surface area contributed by atoms with E-state index in [9.17, 15) is 4.79 Å². The first-order valence-corrected chi connectivity index (χ1v) is 14.5. The number of nitrogens with one attached hydrogen (secondary N) is 1. The molecule has 0 aliphatic carbocycles. The standard InChI is InChI=1S/C24H31BrN2O3Si/c1-15(2)14-31(5,6)30-10-9-29-22-16(3)11-18(12-17(22)4)23-26-21-8-7-19(25)13-20(21)24(28)27-23/h7-8,11-13,15H,9-10,14H2,1-6H3,(H,26,27,28). The van der Waals surface area contributed by atoms with E-state index in [2.05, 4.69) is 52.8 Å². The quantitative estimate of drug-likeness (QED) is 0.293. The molecule has 0 spiro atoms. The topological polar surface area (TPSA) is 64.2 Å². The van der Waals surface area contributed by atoms with Crippen LogP contribution in [0.4, 0.5) is 0 Å². The third-order valence-corrected chi connectivity index (χ3v) is 8.40. The molecule has 0 radical (unpaired) electrons. The maximum atomic E-state index is 12.5. The van der Waals surface area contributed by atoms with Crippen LogP contribution >= 0.6 is 15.9 Å². The number of benzene rings is 2. The van der Waals surface area contributed by atoms with Gasteiger partial charge in [0.25, 0.3) is 5.56 Å². The van der Waals surface area contributed by atoms with Crippen LogP contribution in [0.3, 0.4) is 0 Å². The van der Waals surface area contributed by atoms with E-state index < -0.39 is 8.32 Å². The maximum Gasteiger partial charge on any atom is 0.259 e. The van der Waals surface area contributed by atoms with Crippen LogP contribution in [0.25, 0.3) is 22.3 Å². The second-order valence-electron chi connectivity index (χ2n) is 9.07. The van der Waals surface area contributed by atoms with E-state index in [0.29, 0.717) is 35.9 Å². The van der Waals surface area contributed by atoms with Crippen molar-refractivity contribution in [1.82, 2.24) is 9.97 Å². The number of hydrogen-bond donors (Lipinski definition) is 1. The number of ether oxygens (including phenoxy) is 1. The number of halogens is 1. The molecule has 2 aromatic carbocycles. The number of aromatic amines is 1. The van der Waals surface area contributed by atoms with E-state index >= 15 is 0 Å². The molecule has 0 aliphatic rings. The Morgan fingerprint density at radius 3 is 2.42 bits per heavy atom. The van der Waals surface area contributed by atoms with Crippen LogP contribution in [0.2, 0.25) is 19.1 Å². The smallest absolute Gasteiger partial charge is 0.259 e. The van der Waals surface area contributed by atoms with E-state index in [1.165, 1.54) is 0 Å². The van der Waals surface area contributed by atoms with E-state index in [0.717, 1.165) is 33.0 Å². The Morgan fingerprint density at radius 1 is 1.10 bits per heavy atom. The average molecular weight is 504 g/mol. The van der Waals surface area contributed by atoms with E-state index in [4.69, 9.17) is 9.16 Å². The van der Waals surface area contributed by atoms with Gasteiger partial charge in [-0.2, -0.15) is 0 Å². The van der Waals surface area contributed by atoms with Crippen LogP contribution in [0.5, 0.6) is 5.75 Å². The minimum absolute atomic E-state index is 0.151. The minimum atomic E-state index is -1.64. The fraction of sp³-hybridized carbons (Fsp3) is 0.417. The van der Waals surface area contributed by atoms with Crippen molar-refractivity contribution in [3.8, 4) is 17.1 Å². The van der Waals surface area contributed by atoms with E-state index in [1.54, 1.807) is 6.07 Å². The zero-order chi connectivity index (χ0) is 22.8. The van der Waals surface area contributed by atoms with Gasteiger partial charge >= 0.3 is 0 Å². The van der Waals surface area contributed by atoms with Crippen molar-refractivity contribution in [3.63, 3.8) is 0 Å². The molecule has 0 unspecified atom stereocenters. The van der Waals surface area contributed by atoms with Crippen LogP contribution in [0.1, 0.15) is 25.0 Å². The predicted molar refractivity (Wildman–Crippen MR) is 134 cm³/mol. The van der Waals surface area contributed by atoms with Crippen LogP contribution < -0.4 is 10.3 Å². The number of hydrogen-bond acceptors (Lipinski definition) is 4. The molecule has 7 heteroatoms. The van der Waals surface area contributed by atoms with Crippen molar-refractivity contribution in [2.24, 2.45) is 5.92 Å². The van der Waals surface area contributed by atoms with Gasteiger partial charge in [-0.05, 0) is 80.4 Å². The van der Waals surface area contributed by atoms with Gasteiger partial charge in [0, 0.05) is 10.0 Å². The van der Waals surface area contributed by atoms with Crippen molar-refractivity contribution in [2.75, 3.05) is 13.2 Å². The molecule has 166 valence electrons. The van der Waals surface area contributed by atoms with Gasteiger partial charge < -0.3 is 14.1 Å². The molecule has 3 aromatic rings. The minimum Gasteiger partial charge on any atom is -0.491 e. The van der Waals surface area contributed by atoms with Crippen molar-refractivity contribution in [3.05, 3.63) is 56.3 Å². The van der Waals surface area contributed by atoms with Gasteiger partial charge in [0.2, 0.25) is 0 Å². The predicted octanol–water partition coefficient (Wildman–Crippen LogP) is 6.23. The molecule has 5 nitrogen and oxygen atoms in total. The van der Waals surface area contributed by atoms with Gasteiger partial charge in [-0.25, -0.2) is 4.98 Å². The zero-order valence-electron chi connectivity index (χ0n) is 19.1. The Kier molecular flexibility index (Phi) is 7.39. The molecule has 0 saturated carbocycles. The van der Waals surface area contributed by atoms with Crippen LogP contribution in [0.15, 0.2) is 39.6 Å². The Balaban J connectivity index is 1.76. The number of aromatic nitrogens is 2. The molecule has 31 heavy (non-hydrogen) atoms. The third-order valence-electron chi connectivity index (χ3n) is 5.12. The summed E-state index contributed by atoms with van der Waals surface area (Å²) in [6.45, 7) is 14.1. The van der Waals surface area contributed by atoms with Crippen molar-refractivity contribution >= 4 is 35.2 Å². The number of fused-ring (bicyclic) bond motifs is 1. The highest BCUT2D eigenvalue weighted by atomic mass is 79.9. The molecule has 0 saturated heterocycles. The van der Waals surface area contributed by atoms with Gasteiger partial charge in [-0.15, -0.1) is 0 Å². The number of rotatable bonds is 8. The molecular weight excluding hydrogens is 472 g/mol. The van der Waals surface area contributed by atoms with E-state index in [-0.39, 0.29) is 5.56 Å². The van der Waals surface area contributed by atoms with Crippen LogP contribution in [0, 0.1) is 19.8 Å². The summed E-state index contributed by atoms with van der Waals surface area (Å²) in [5.41, 5.74) is 3.40. The Hall–Kier alpha value is -1.96. The lowest BCUT2D eigenvalue weighted by atomic mass is 10.0. The summed E-state index contributed by atoms with van der Waals surface area (Å²) < 4.78 is 13.1. The third kappa shape index (κ3) is 6.05. The SMILES string of the molecule is Cc1cc(-c2nc3ccc(Br)cc3c(=O)[nH]2)cc(C)c1OCCO[Si](C)(C)CC(C)C. The number of aryl methyl sites for hydroxylation is 2. The Morgan fingerprint density at radius 2 is 1.77 bits per heavy atom. The summed E-state index contributed by atoms with van der Waals surface area (Å²) in [5.74, 6) is 2.07. The lowest BCUT2D eigenvalue weighted by molar-refractivity contribution is 0.208. The molecule has 0 aliphatic heterocycles. The highest BCUT2D eigenvalue weighted by Gasteiger charge is 2.23. The van der Waals surface area contributed by atoms with Gasteiger partial charge in [-0.3, -0.25) is 4.79 Å². The summed E-state index contributed by atoms with van der Waals surface area (Å²) in [4.78, 5) is 20.1. The fourth-order valence-electron chi connectivity index (χ4n) is 4.07. The second-order valence-corrected chi connectivity index (χ2v) is 14.2. The van der Waals surface area contributed by atoms with Crippen molar-refractivity contribution < 1.29 is 9.16 Å². The van der Waals surface area contributed by atoms with Gasteiger partial charge in [0.15, 0.2) is 8.32 Å². The normalized spacial score (nSPS) is 12.0. The van der Waals surface area contributed by atoms with Crippen LogP contribution in [-0.2, 0) is 4.43 Å². The van der Waals surface area contributed by atoms with E-state index in [1.807, 2.05) is 38.1 Å². The molecule has 0 amide bonds. The lowest BCUT2D eigenvalue weighted by Crippen LogP contribution is -2.33. The summed E-state index contributed by atoms with van der Waals surface area (Å²) in [6, 6.07) is 10.7. The Bertz CT molecular complexity index is 1120. The zero-order valence-corrected chi connectivity index (χ0v) is 21.7. The summed E-state index contributed by atoms with van der Waals surface area (Å²) in [6.07, 6.45) is 0. The first-order chi connectivity index (χ1) is 14.6.